The lowest BCUT2D eigenvalue weighted by Crippen LogP contribution is -2.23. The van der Waals surface area contributed by atoms with Gasteiger partial charge in [0.25, 0.3) is 0 Å². The summed E-state index contributed by atoms with van der Waals surface area (Å²) in [5.41, 5.74) is 5.97. The molecule has 0 spiro atoms. The lowest BCUT2D eigenvalue weighted by molar-refractivity contribution is 0.174. The molecule has 0 aliphatic carbocycles. The number of aliphatic hydroxyl groups is 1. The third-order valence-electron chi connectivity index (χ3n) is 3.10. The van der Waals surface area contributed by atoms with E-state index in [0.717, 1.165) is 6.54 Å². The van der Waals surface area contributed by atoms with Crippen molar-refractivity contribution in [3.8, 4) is 0 Å². The molecule has 0 radical (unpaired) electrons. The third kappa shape index (κ3) is 2.60. The Balaban J connectivity index is 2.18. The molecule has 5 nitrogen and oxygen atoms in total. The number of aliphatic hydroxyl groups excluding tert-OH is 1. The standard InChI is InChI=1S/C12H16FN3O2/c13-11-8(6-16-5-4-9(17)7-16)2-1-3-10(11)12(14)15-18/h1-3,9,17-18H,4-7H2,(H2,14,15). The fraction of sp³-hybridized carbons (Fsp3) is 0.417. The van der Waals surface area contributed by atoms with Crippen LogP contribution < -0.4 is 5.73 Å². The van der Waals surface area contributed by atoms with Crippen LogP contribution in [0.15, 0.2) is 23.4 Å². The van der Waals surface area contributed by atoms with Gasteiger partial charge in [0.1, 0.15) is 5.82 Å². The minimum absolute atomic E-state index is 0.0924. The molecule has 0 amide bonds. The summed E-state index contributed by atoms with van der Waals surface area (Å²) in [6.07, 6.45) is 0.377. The summed E-state index contributed by atoms with van der Waals surface area (Å²) in [6, 6.07) is 4.79. The van der Waals surface area contributed by atoms with Crippen molar-refractivity contribution in [2.75, 3.05) is 13.1 Å². The van der Waals surface area contributed by atoms with Crippen LogP contribution in [0.2, 0.25) is 0 Å². The van der Waals surface area contributed by atoms with Crippen LogP contribution in [0.4, 0.5) is 4.39 Å². The van der Waals surface area contributed by atoms with Crippen LogP contribution in [-0.4, -0.2) is 40.2 Å². The lowest BCUT2D eigenvalue weighted by atomic mass is 10.1. The number of rotatable bonds is 3. The monoisotopic (exact) mass is 253 g/mol. The topological polar surface area (TPSA) is 82.1 Å². The van der Waals surface area contributed by atoms with E-state index in [4.69, 9.17) is 10.9 Å². The number of amidine groups is 1. The number of β-amino-alcohol motifs (C(OH)–C–C–N with tert-alkyl or cyclic N) is 1. The Bertz CT molecular complexity index is 465. The molecule has 1 aliphatic heterocycles. The first-order valence-electron chi connectivity index (χ1n) is 5.77. The summed E-state index contributed by atoms with van der Waals surface area (Å²) >= 11 is 0. The summed E-state index contributed by atoms with van der Waals surface area (Å²) in [7, 11) is 0. The summed E-state index contributed by atoms with van der Waals surface area (Å²) in [6.45, 7) is 1.71. The molecule has 4 N–H and O–H groups in total. The normalized spacial score (nSPS) is 21.4. The van der Waals surface area contributed by atoms with E-state index < -0.39 is 5.82 Å². The molecule has 0 bridgehead atoms. The van der Waals surface area contributed by atoms with Crippen molar-refractivity contribution in [3.63, 3.8) is 0 Å². The van der Waals surface area contributed by atoms with Gasteiger partial charge < -0.3 is 16.0 Å². The molecule has 98 valence electrons. The summed E-state index contributed by atoms with van der Waals surface area (Å²) in [5, 5.41) is 20.8. The highest BCUT2D eigenvalue weighted by Gasteiger charge is 2.21. The van der Waals surface area contributed by atoms with Crippen molar-refractivity contribution < 1.29 is 14.7 Å². The Kier molecular flexibility index (Phi) is 3.78. The highest BCUT2D eigenvalue weighted by atomic mass is 19.1. The number of hydrogen-bond acceptors (Lipinski definition) is 4. The summed E-state index contributed by atoms with van der Waals surface area (Å²) in [5.74, 6) is -0.718. The third-order valence-corrected chi connectivity index (χ3v) is 3.10. The van der Waals surface area contributed by atoms with E-state index in [1.807, 2.05) is 4.90 Å². The number of benzene rings is 1. The van der Waals surface area contributed by atoms with E-state index in [0.29, 0.717) is 25.1 Å². The van der Waals surface area contributed by atoms with E-state index in [2.05, 4.69) is 5.16 Å². The molecule has 1 saturated heterocycles. The Labute approximate surface area is 104 Å². The van der Waals surface area contributed by atoms with E-state index in [9.17, 15) is 9.50 Å². The van der Waals surface area contributed by atoms with Gasteiger partial charge in [-0.2, -0.15) is 0 Å². The first-order valence-corrected chi connectivity index (χ1v) is 5.77. The number of nitrogens with two attached hydrogens (primary N) is 1. The molecule has 1 aromatic rings. The molecule has 1 aromatic carbocycles. The van der Waals surface area contributed by atoms with E-state index in [1.165, 1.54) is 6.07 Å². The molecule has 1 fully saturated rings. The largest absolute Gasteiger partial charge is 0.409 e. The van der Waals surface area contributed by atoms with Gasteiger partial charge >= 0.3 is 0 Å². The molecule has 1 atom stereocenters. The highest BCUT2D eigenvalue weighted by Crippen LogP contribution is 2.18. The van der Waals surface area contributed by atoms with Crippen LogP contribution in [0.25, 0.3) is 0 Å². The van der Waals surface area contributed by atoms with Crippen LogP contribution in [0.3, 0.4) is 0 Å². The lowest BCUT2D eigenvalue weighted by Gasteiger charge is -2.16. The number of likely N-dealkylation sites (tertiary alicyclic amines) is 1. The Morgan fingerprint density at radius 3 is 2.94 bits per heavy atom. The fourth-order valence-electron chi connectivity index (χ4n) is 2.15. The number of nitrogens with zero attached hydrogens (tertiary/aromatic N) is 2. The SMILES string of the molecule is N/C(=N/O)c1cccc(CN2CCC(O)C2)c1F. The highest BCUT2D eigenvalue weighted by molar-refractivity contribution is 5.97. The molecule has 1 heterocycles. The van der Waals surface area contributed by atoms with Crippen LogP contribution >= 0.6 is 0 Å². The Morgan fingerprint density at radius 1 is 1.56 bits per heavy atom. The van der Waals surface area contributed by atoms with Gasteiger partial charge in [0.15, 0.2) is 5.84 Å². The van der Waals surface area contributed by atoms with Crippen LogP contribution in [0.5, 0.6) is 0 Å². The second-order valence-electron chi connectivity index (χ2n) is 4.44. The predicted octanol–water partition coefficient (Wildman–Crippen LogP) is 0.487. The molecule has 18 heavy (non-hydrogen) atoms. The van der Waals surface area contributed by atoms with Gasteiger partial charge in [0, 0.05) is 25.2 Å². The van der Waals surface area contributed by atoms with Gasteiger partial charge in [-0.15, -0.1) is 0 Å². The van der Waals surface area contributed by atoms with Crippen LogP contribution in [0.1, 0.15) is 17.5 Å². The zero-order valence-electron chi connectivity index (χ0n) is 9.88. The van der Waals surface area contributed by atoms with Gasteiger partial charge in [-0.05, 0) is 12.5 Å². The molecule has 0 saturated carbocycles. The maximum Gasteiger partial charge on any atom is 0.173 e. The quantitative estimate of drug-likeness (QED) is 0.317. The Morgan fingerprint density at radius 2 is 2.33 bits per heavy atom. The van der Waals surface area contributed by atoms with Crippen molar-refractivity contribution in [3.05, 3.63) is 35.1 Å². The summed E-state index contributed by atoms with van der Waals surface area (Å²) in [4.78, 5) is 1.97. The average molecular weight is 253 g/mol. The number of hydrogen-bond donors (Lipinski definition) is 3. The van der Waals surface area contributed by atoms with Crippen molar-refractivity contribution in [1.82, 2.24) is 4.90 Å². The van der Waals surface area contributed by atoms with Gasteiger partial charge in [-0.25, -0.2) is 4.39 Å². The van der Waals surface area contributed by atoms with Crippen molar-refractivity contribution in [2.24, 2.45) is 10.9 Å². The molecule has 1 aliphatic rings. The number of halogens is 1. The minimum Gasteiger partial charge on any atom is -0.409 e. The van der Waals surface area contributed by atoms with Gasteiger partial charge in [-0.1, -0.05) is 17.3 Å². The zero-order chi connectivity index (χ0) is 13.1. The molecule has 0 aromatic heterocycles. The predicted molar refractivity (Wildman–Crippen MR) is 64.8 cm³/mol. The maximum atomic E-state index is 14.1. The second-order valence-corrected chi connectivity index (χ2v) is 4.44. The van der Waals surface area contributed by atoms with Crippen molar-refractivity contribution >= 4 is 5.84 Å². The summed E-state index contributed by atoms with van der Waals surface area (Å²) < 4.78 is 14.1. The van der Waals surface area contributed by atoms with Crippen molar-refractivity contribution in [1.29, 1.82) is 0 Å². The fourth-order valence-corrected chi connectivity index (χ4v) is 2.15. The van der Waals surface area contributed by atoms with E-state index in [1.54, 1.807) is 12.1 Å². The average Bonchev–Trinajstić information content (AvgIpc) is 2.76. The zero-order valence-corrected chi connectivity index (χ0v) is 9.88. The number of oxime groups is 1. The van der Waals surface area contributed by atoms with Crippen molar-refractivity contribution in [2.45, 2.75) is 19.1 Å². The van der Waals surface area contributed by atoms with Gasteiger partial charge in [0.2, 0.25) is 0 Å². The first kappa shape index (κ1) is 12.8. The van der Waals surface area contributed by atoms with E-state index in [-0.39, 0.29) is 17.5 Å². The Hall–Kier alpha value is -1.66. The molecule has 6 heteroatoms. The van der Waals surface area contributed by atoms with Crippen LogP contribution in [0, 0.1) is 5.82 Å². The second kappa shape index (κ2) is 5.32. The van der Waals surface area contributed by atoms with Gasteiger partial charge in [-0.3, -0.25) is 4.90 Å². The smallest absolute Gasteiger partial charge is 0.173 e. The van der Waals surface area contributed by atoms with Crippen LogP contribution in [-0.2, 0) is 6.54 Å². The molecule has 1 unspecified atom stereocenters. The minimum atomic E-state index is -0.478. The first-order chi connectivity index (χ1) is 8.61. The molecular formula is C12H16FN3O2. The van der Waals surface area contributed by atoms with E-state index >= 15 is 0 Å². The van der Waals surface area contributed by atoms with Gasteiger partial charge in [0.05, 0.1) is 11.7 Å². The maximum absolute atomic E-state index is 14.1. The molecular weight excluding hydrogens is 237 g/mol. The molecule has 2 rings (SSSR count).